The first-order valence-corrected chi connectivity index (χ1v) is 4.12. The van der Waals surface area contributed by atoms with Gasteiger partial charge in [0.2, 0.25) is 5.91 Å². The van der Waals surface area contributed by atoms with Gasteiger partial charge in [0.15, 0.2) is 0 Å². The van der Waals surface area contributed by atoms with Gasteiger partial charge in [-0.3, -0.25) is 4.79 Å². The fourth-order valence-electron chi connectivity index (χ4n) is 0.587. The quantitative estimate of drug-likeness (QED) is 0.648. The number of thiophene rings is 1. The number of hydrogen-bond donors (Lipinski definition) is 2. The Morgan fingerprint density at radius 2 is 2.50 bits per heavy atom. The van der Waals surface area contributed by atoms with Crippen molar-refractivity contribution < 1.29 is 4.79 Å². The summed E-state index contributed by atoms with van der Waals surface area (Å²) in [6, 6.07) is 3.71. The lowest BCUT2D eigenvalue weighted by molar-refractivity contribution is -0.117. The lowest BCUT2D eigenvalue weighted by atomic mass is 10.3. The van der Waals surface area contributed by atoms with Gasteiger partial charge < -0.3 is 5.73 Å². The number of amides is 1. The molecule has 0 saturated heterocycles. The molecule has 1 aromatic heterocycles. The highest BCUT2D eigenvalue weighted by molar-refractivity contribution is 7.81. The summed E-state index contributed by atoms with van der Waals surface area (Å²) < 4.78 is 0. The Hall–Kier alpha value is -0.480. The standard InChI is InChI=1S/C6H7NOS2/c7-6(8)5(9)4-2-1-3-10-4/h1-3,5,9H,(H2,7,8). The molecule has 0 aliphatic carbocycles. The van der Waals surface area contributed by atoms with Crippen LogP contribution in [0.25, 0.3) is 0 Å². The Kier molecular flexibility index (Phi) is 2.34. The molecule has 0 radical (unpaired) electrons. The predicted molar refractivity (Wildman–Crippen MR) is 45.2 cm³/mol. The number of primary amides is 1. The molecule has 0 aliphatic heterocycles. The molecule has 0 saturated carbocycles. The minimum absolute atomic E-state index is 0.397. The van der Waals surface area contributed by atoms with Gasteiger partial charge in [-0.1, -0.05) is 6.07 Å². The van der Waals surface area contributed by atoms with Crippen molar-refractivity contribution in [2.75, 3.05) is 0 Å². The fraction of sp³-hybridized carbons (Fsp3) is 0.167. The zero-order chi connectivity index (χ0) is 7.56. The van der Waals surface area contributed by atoms with Gasteiger partial charge in [-0.2, -0.15) is 12.6 Å². The summed E-state index contributed by atoms with van der Waals surface area (Å²) in [6.07, 6.45) is 0. The Bertz CT molecular complexity index is 220. The number of hydrogen-bond acceptors (Lipinski definition) is 3. The Labute approximate surface area is 68.5 Å². The van der Waals surface area contributed by atoms with Gasteiger partial charge in [0.1, 0.15) is 5.25 Å². The fourth-order valence-corrected chi connectivity index (χ4v) is 1.57. The van der Waals surface area contributed by atoms with Gasteiger partial charge in [-0.15, -0.1) is 11.3 Å². The van der Waals surface area contributed by atoms with E-state index >= 15 is 0 Å². The van der Waals surface area contributed by atoms with E-state index in [1.165, 1.54) is 11.3 Å². The maximum atomic E-state index is 10.6. The zero-order valence-corrected chi connectivity index (χ0v) is 6.86. The van der Waals surface area contributed by atoms with Crippen LogP contribution in [0.3, 0.4) is 0 Å². The van der Waals surface area contributed by atoms with Gasteiger partial charge >= 0.3 is 0 Å². The summed E-state index contributed by atoms with van der Waals surface area (Å²) in [5.41, 5.74) is 5.02. The summed E-state index contributed by atoms with van der Waals surface area (Å²) in [4.78, 5) is 11.4. The minimum atomic E-state index is -0.444. The molecule has 2 N–H and O–H groups in total. The second-order valence-corrected chi connectivity index (χ2v) is 3.32. The van der Waals surface area contributed by atoms with Crippen LogP contribution < -0.4 is 5.73 Å². The average Bonchev–Trinajstić information content (AvgIpc) is 2.36. The van der Waals surface area contributed by atoms with Crippen LogP contribution in [0.15, 0.2) is 17.5 Å². The SMILES string of the molecule is NC(=O)C(S)c1cccs1. The maximum absolute atomic E-state index is 10.6. The van der Waals surface area contributed by atoms with E-state index in [0.717, 1.165) is 4.88 Å². The summed E-state index contributed by atoms with van der Waals surface area (Å²) in [5, 5.41) is 1.45. The second-order valence-electron chi connectivity index (χ2n) is 1.82. The van der Waals surface area contributed by atoms with Crippen LogP contribution in [0.2, 0.25) is 0 Å². The van der Waals surface area contributed by atoms with Crippen LogP contribution in [-0.4, -0.2) is 5.91 Å². The first-order chi connectivity index (χ1) is 4.72. The van der Waals surface area contributed by atoms with Crippen molar-refractivity contribution >= 4 is 29.9 Å². The monoisotopic (exact) mass is 173 g/mol. The van der Waals surface area contributed by atoms with Crippen LogP contribution in [0.5, 0.6) is 0 Å². The smallest absolute Gasteiger partial charge is 0.235 e. The molecule has 1 aromatic rings. The lowest BCUT2D eigenvalue weighted by Crippen LogP contribution is -2.16. The molecule has 0 fully saturated rings. The first-order valence-electron chi connectivity index (χ1n) is 2.72. The molecule has 1 heterocycles. The van der Waals surface area contributed by atoms with Gasteiger partial charge in [-0.05, 0) is 11.4 Å². The van der Waals surface area contributed by atoms with E-state index in [1.54, 1.807) is 0 Å². The minimum Gasteiger partial charge on any atom is -0.368 e. The molecule has 1 atom stereocenters. The van der Waals surface area contributed by atoms with Crippen LogP contribution >= 0.6 is 24.0 Å². The number of carbonyl (C=O) groups excluding carboxylic acids is 1. The largest absolute Gasteiger partial charge is 0.368 e. The molecule has 1 rings (SSSR count). The summed E-state index contributed by atoms with van der Waals surface area (Å²) in [6.45, 7) is 0. The van der Waals surface area contributed by atoms with Gasteiger partial charge in [0, 0.05) is 4.88 Å². The van der Waals surface area contributed by atoms with Crippen LogP contribution in [-0.2, 0) is 4.79 Å². The molecule has 1 amide bonds. The zero-order valence-electron chi connectivity index (χ0n) is 5.15. The maximum Gasteiger partial charge on any atom is 0.235 e. The Morgan fingerprint density at radius 1 is 1.80 bits per heavy atom. The van der Waals surface area contributed by atoms with E-state index in [9.17, 15) is 4.79 Å². The lowest BCUT2D eigenvalue weighted by Gasteiger charge is -2.00. The van der Waals surface area contributed by atoms with Crippen molar-refractivity contribution in [2.45, 2.75) is 5.25 Å². The third-order valence-corrected chi connectivity index (χ3v) is 2.73. The van der Waals surface area contributed by atoms with Crippen molar-refractivity contribution in [3.8, 4) is 0 Å². The van der Waals surface area contributed by atoms with Crippen molar-refractivity contribution in [1.82, 2.24) is 0 Å². The second kappa shape index (κ2) is 3.07. The van der Waals surface area contributed by atoms with Crippen LogP contribution in [0.1, 0.15) is 10.1 Å². The summed E-state index contributed by atoms with van der Waals surface area (Å²) in [5.74, 6) is -0.397. The number of nitrogens with two attached hydrogens (primary N) is 1. The van der Waals surface area contributed by atoms with E-state index in [-0.39, 0.29) is 0 Å². The van der Waals surface area contributed by atoms with Gasteiger partial charge in [-0.25, -0.2) is 0 Å². The van der Waals surface area contributed by atoms with Crippen molar-refractivity contribution in [3.63, 3.8) is 0 Å². The molecular formula is C6H7NOS2. The van der Waals surface area contributed by atoms with Crippen molar-refractivity contribution in [3.05, 3.63) is 22.4 Å². The Balaban J connectivity index is 2.77. The highest BCUT2D eigenvalue weighted by Gasteiger charge is 2.12. The molecule has 1 unspecified atom stereocenters. The number of rotatable bonds is 2. The van der Waals surface area contributed by atoms with E-state index in [1.807, 2.05) is 17.5 Å². The third kappa shape index (κ3) is 1.52. The highest BCUT2D eigenvalue weighted by atomic mass is 32.1. The van der Waals surface area contributed by atoms with E-state index in [2.05, 4.69) is 12.6 Å². The molecule has 0 bridgehead atoms. The van der Waals surface area contributed by atoms with Gasteiger partial charge in [0.05, 0.1) is 0 Å². The van der Waals surface area contributed by atoms with Crippen molar-refractivity contribution in [2.24, 2.45) is 5.73 Å². The number of thiol groups is 1. The highest BCUT2D eigenvalue weighted by Crippen LogP contribution is 2.23. The molecule has 2 nitrogen and oxygen atoms in total. The van der Waals surface area contributed by atoms with E-state index in [0.29, 0.717) is 0 Å². The molecule has 0 aromatic carbocycles. The molecule has 0 aliphatic rings. The molecule has 4 heteroatoms. The van der Waals surface area contributed by atoms with Crippen molar-refractivity contribution in [1.29, 1.82) is 0 Å². The average molecular weight is 173 g/mol. The summed E-state index contributed by atoms with van der Waals surface area (Å²) >= 11 is 5.50. The van der Waals surface area contributed by atoms with Crippen LogP contribution in [0, 0.1) is 0 Å². The topological polar surface area (TPSA) is 43.1 Å². The molecular weight excluding hydrogens is 166 g/mol. The van der Waals surface area contributed by atoms with Crippen LogP contribution in [0.4, 0.5) is 0 Å². The third-order valence-electron chi connectivity index (χ3n) is 1.08. The molecule has 0 spiro atoms. The number of carbonyl (C=O) groups is 1. The normalized spacial score (nSPS) is 12.9. The first kappa shape index (κ1) is 7.63. The predicted octanol–water partition coefficient (Wildman–Crippen LogP) is 1.20. The Morgan fingerprint density at radius 3 is 2.90 bits per heavy atom. The van der Waals surface area contributed by atoms with Gasteiger partial charge in [0.25, 0.3) is 0 Å². The summed E-state index contributed by atoms with van der Waals surface area (Å²) in [7, 11) is 0. The van der Waals surface area contributed by atoms with E-state index in [4.69, 9.17) is 5.73 Å². The molecule has 10 heavy (non-hydrogen) atoms. The van der Waals surface area contributed by atoms with E-state index < -0.39 is 11.2 Å². The molecule has 54 valence electrons.